The Morgan fingerprint density at radius 2 is 2.27 bits per heavy atom. The van der Waals surface area contributed by atoms with E-state index >= 15 is 0 Å². The van der Waals surface area contributed by atoms with E-state index in [0.29, 0.717) is 6.04 Å². The third kappa shape index (κ3) is 1.73. The lowest BCUT2D eigenvalue weighted by Crippen LogP contribution is -2.26. The van der Waals surface area contributed by atoms with Crippen LogP contribution in [-0.4, -0.2) is 11.0 Å². The second kappa shape index (κ2) is 3.51. The zero-order valence-electron chi connectivity index (χ0n) is 9.24. The van der Waals surface area contributed by atoms with Crippen molar-refractivity contribution in [3.8, 4) is 0 Å². The van der Waals surface area contributed by atoms with Gasteiger partial charge < -0.3 is 5.32 Å². The van der Waals surface area contributed by atoms with Crippen molar-refractivity contribution in [3.63, 3.8) is 0 Å². The Bertz CT molecular complexity index is 361. The Morgan fingerprint density at radius 1 is 1.33 bits per heavy atom. The first-order chi connectivity index (χ1) is 7.31. The molecule has 2 aliphatic carbocycles. The molecule has 2 aliphatic rings. The van der Waals surface area contributed by atoms with Crippen LogP contribution >= 0.6 is 0 Å². The van der Waals surface area contributed by atoms with E-state index in [9.17, 15) is 0 Å². The van der Waals surface area contributed by atoms with E-state index in [0.717, 1.165) is 17.7 Å². The first kappa shape index (κ1) is 9.20. The molecule has 2 saturated carbocycles. The quantitative estimate of drug-likeness (QED) is 0.797. The summed E-state index contributed by atoms with van der Waals surface area (Å²) in [4.78, 5) is 4.38. The summed E-state index contributed by atoms with van der Waals surface area (Å²) >= 11 is 0. The molecule has 0 saturated heterocycles. The van der Waals surface area contributed by atoms with Gasteiger partial charge in [0.1, 0.15) is 5.82 Å². The third-order valence-corrected chi connectivity index (χ3v) is 3.99. The molecule has 0 aliphatic heterocycles. The van der Waals surface area contributed by atoms with E-state index in [1.807, 2.05) is 12.3 Å². The first-order valence-corrected chi connectivity index (χ1v) is 6.00. The molecule has 80 valence electrons. The van der Waals surface area contributed by atoms with Crippen molar-refractivity contribution in [2.75, 3.05) is 5.32 Å². The molecule has 1 aromatic heterocycles. The average molecular weight is 202 g/mol. The van der Waals surface area contributed by atoms with Gasteiger partial charge >= 0.3 is 0 Å². The van der Waals surface area contributed by atoms with E-state index in [1.54, 1.807) is 0 Å². The lowest BCUT2D eigenvalue weighted by molar-refractivity contribution is 0.439. The monoisotopic (exact) mass is 202 g/mol. The maximum atomic E-state index is 4.38. The molecule has 2 bridgehead atoms. The summed E-state index contributed by atoms with van der Waals surface area (Å²) in [6.07, 6.45) is 7.59. The maximum Gasteiger partial charge on any atom is 0.126 e. The van der Waals surface area contributed by atoms with Gasteiger partial charge in [0.15, 0.2) is 0 Å². The summed E-state index contributed by atoms with van der Waals surface area (Å²) in [7, 11) is 0. The van der Waals surface area contributed by atoms with Crippen molar-refractivity contribution in [1.82, 2.24) is 4.98 Å². The zero-order chi connectivity index (χ0) is 10.3. The molecule has 0 amide bonds. The number of pyridine rings is 1. The van der Waals surface area contributed by atoms with Gasteiger partial charge in [0, 0.05) is 12.2 Å². The van der Waals surface area contributed by atoms with Gasteiger partial charge in [-0.05, 0) is 55.7 Å². The van der Waals surface area contributed by atoms with Crippen LogP contribution in [0.25, 0.3) is 0 Å². The number of nitrogens with one attached hydrogen (secondary N) is 1. The van der Waals surface area contributed by atoms with E-state index in [4.69, 9.17) is 0 Å². The molecule has 3 unspecified atom stereocenters. The van der Waals surface area contributed by atoms with Gasteiger partial charge in [0.25, 0.3) is 0 Å². The molecule has 2 heteroatoms. The Hall–Kier alpha value is -1.05. The van der Waals surface area contributed by atoms with Crippen LogP contribution in [0.2, 0.25) is 0 Å². The van der Waals surface area contributed by atoms with Gasteiger partial charge in [-0.2, -0.15) is 0 Å². The highest BCUT2D eigenvalue weighted by molar-refractivity contribution is 5.38. The molecule has 0 radical (unpaired) electrons. The van der Waals surface area contributed by atoms with Crippen molar-refractivity contribution < 1.29 is 0 Å². The highest BCUT2D eigenvalue weighted by atomic mass is 15.0. The van der Waals surface area contributed by atoms with Crippen LogP contribution in [0.5, 0.6) is 0 Å². The molecule has 2 nitrogen and oxygen atoms in total. The second-order valence-corrected chi connectivity index (χ2v) is 5.14. The molecule has 1 N–H and O–H groups in total. The van der Waals surface area contributed by atoms with Crippen LogP contribution in [0.15, 0.2) is 18.3 Å². The summed E-state index contributed by atoms with van der Waals surface area (Å²) in [6, 6.07) is 4.89. The molecule has 3 atom stereocenters. The number of hydrogen-bond donors (Lipinski definition) is 1. The molecule has 15 heavy (non-hydrogen) atoms. The smallest absolute Gasteiger partial charge is 0.126 e. The molecule has 3 rings (SSSR count). The van der Waals surface area contributed by atoms with Crippen LogP contribution < -0.4 is 5.32 Å². The predicted molar refractivity (Wildman–Crippen MR) is 61.8 cm³/mol. The number of fused-ring (bicyclic) bond motifs is 2. The third-order valence-electron chi connectivity index (χ3n) is 3.99. The zero-order valence-corrected chi connectivity index (χ0v) is 9.24. The highest BCUT2D eigenvalue weighted by Gasteiger charge is 2.39. The number of aryl methyl sites for hydroxylation is 1. The SMILES string of the molecule is Cc1ccnc(NC2CC3CCC2C3)c1. The van der Waals surface area contributed by atoms with Gasteiger partial charge in [-0.1, -0.05) is 6.42 Å². The fraction of sp³-hybridized carbons (Fsp3) is 0.615. The summed E-state index contributed by atoms with van der Waals surface area (Å²) < 4.78 is 0. The van der Waals surface area contributed by atoms with Gasteiger partial charge in [-0.25, -0.2) is 4.98 Å². The number of rotatable bonds is 2. The fourth-order valence-electron chi connectivity index (χ4n) is 3.23. The number of hydrogen-bond acceptors (Lipinski definition) is 2. The minimum absolute atomic E-state index is 0.693. The van der Waals surface area contributed by atoms with Crippen LogP contribution in [0.1, 0.15) is 31.2 Å². The molecule has 0 aromatic carbocycles. The largest absolute Gasteiger partial charge is 0.367 e. The van der Waals surface area contributed by atoms with E-state index in [-0.39, 0.29) is 0 Å². The standard InChI is InChI=1S/C13H18N2/c1-9-4-5-14-13(6-9)15-12-8-10-2-3-11(12)7-10/h4-6,10-12H,2-3,7-8H2,1H3,(H,14,15). The number of anilines is 1. The van der Waals surface area contributed by atoms with Crippen LogP contribution in [-0.2, 0) is 0 Å². The number of nitrogens with zero attached hydrogens (tertiary/aromatic N) is 1. The minimum atomic E-state index is 0.693. The summed E-state index contributed by atoms with van der Waals surface area (Å²) in [6.45, 7) is 2.12. The molecule has 1 aromatic rings. The Kier molecular flexibility index (Phi) is 2.15. The molecule has 2 fully saturated rings. The van der Waals surface area contributed by atoms with Crippen LogP contribution in [0.4, 0.5) is 5.82 Å². The van der Waals surface area contributed by atoms with Gasteiger partial charge in [-0.3, -0.25) is 0 Å². The van der Waals surface area contributed by atoms with E-state index in [1.165, 1.54) is 31.2 Å². The van der Waals surface area contributed by atoms with Crippen molar-refractivity contribution in [2.45, 2.75) is 38.6 Å². The normalized spacial score (nSPS) is 33.3. The first-order valence-electron chi connectivity index (χ1n) is 6.00. The fourth-order valence-corrected chi connectivity index (χ4v) is 3.23. The topological polar surface area (TPSA) is 24.9 Å². The predicted octanol–water partition coefficient (Wildman–Crippen LogP) is 2.99. The molecular formula is C13H18N2. The second-order valence-electron chi connectivity index (χ2n) is 5.14. The summed E-state index contributed by atoms with van der Waals surface area (Å²) in [5.41, 5.74) is 1.29. The average Bonchev–Trinajstić information content (AvgIpc) is 2.79. The summed E-state index contributed by atoms with van der Waals surface area (Å²) in [5, 5.41) is 3.60. The van der Waals surface area contributed by atoms with Gasteiger partial charge in [-0.15, -0.1) is 0 Å². The minimum Gasteiger partial charge on any atom is -0.367 e. The summed E-state index contributed by atoms with van der Waals surface area (Å²) in [5.74, 6) is 2.97. The lowest BCUT2D eigenvalue weighted by atomic mass is 9.95. The van der Waals surface area contributed by atoms with E-state index in [2.05, 4.69) is 23.3 Å². The van der Waals surface area contributed by atoms with E-state index < -0.39 is 0 Å². The van der Waals surface area contributed by atoms with Crippen LogP contribution in [0.3, 0.4) is 0 Å². The Balaban J connectivity index is 1.71. The molecule has 1 heterocycles. The van der Waals surface area contributed by atoms with Crippen molar-refractivity contribution in [2.24, 2.45) is 11.8 Å². The molecular weight excluding hydrogens is 184 g/mol. The van der Waals surface area contributed by atoms with Crippen molar-refractivity contribution >= 4 is 5.82 Å². The van der Waals surface area contributed by atoms with Crippen molar-refractivity contribution in [3.05, 3.63) is 23.9 Å². The Morgan fingerprint density at radius 3 is 2.93 bits per heavy atom. The number of aromatic nitrogens is 1. The van der Waals surface area contributed by atoms with Crippen LogP contribution in [0, 0.1) is 18.8 Å². The Labute approximate surface area is 91.1 Å². The molecule has 0 spiro atoms. The van der Waals surface area contributed by atoms with Gasteiger partial charge in [0.2, 0.25) is 0 Å². The van der Waals surface area contributed by atoms with Gasteiger partial charge in [0.05, 0.1) is 0 Å². The highest BCUT2D eigenvalue weighted by Crippen LogP contribution is 2.45. The van der Waals surface area contributed by atoms with Crippen molar-refractivity contribution in [1.29, 1.82) is 0 Å². The maximum absolute atomic E-state index is 4.38. The lowest BCUT2D eigenvalue weighted by Gasteiger charge is -2.23.